The summed E-state index contributed by atoms with van der Waals surface area (Å²) in [6.07, 6.45) is 0.337. The van der Waals surface area contributed by atoms with Gasteiger partial charge in [0.25, 0.3) is 5.91 Å². The van der Waals surface area contributed by atoms with E-state index in [-0.39, 0.29) is 17.6 Å². The van der Waals surface area contributed by atoms with Gasteiger partial charge in [-0.2, -0.15) is 0 Å². The lowest BCUT2D eigenvalue weighted by atomic mass is 10.1. The van der Waals surface area contributed by atoms with Crippen molar-refractivity contribution in [3.05, 3.63) is 82.3 Å². The molecule has 29 heavy (non-hydrogen) atoms. The van der Waals surface area contributed by atoms with Crippen LogP contribution in [0.2, 0.25) is 0 Å². The lowest BCUT2D eigenvalue weighted by Crippen LogP contribution is -2.45. The third-order valence-electron chi connectivity index (χ3n) is 4.23. The highest BCUT2D eigenvalue weighted by Gasteiger charge is 2.23. The Kier molecular flexibility index (Phi) is 5.64. The zero-order chi connectivity index (χ0) is 20.2. The number of nitrogens with one attached hydrogen (secondary N) is 2. The molecule has 1 atom stereocenters. The molecule has 2 amide bonds. The van der Waals surface area contributed by atoms with Crippen molar-refractivity contribution in [1.82, 2.24) is 10.3 Å². The maximum absolute atomic E-state index is 13.4. The van der Waals surface area contributed by atoms with Crippen LogP contribution in [0.4, 0.5) is 9.52 Å². The number of carbonyl (C=O) groups is 2. The molecule has 0 saturated carbocycles. The topological polar surface area (TPSA) is 71.1 Å². The molecule has 0 aliphatic rings. The predicted molar refractivity (Wildman–Crippen MR) is 114 cm³/mol. The Morgan fingerprint density at radius 3 is 2.66 bits per heavy atom. The molecule has 0 aliphatic heterocycles. The molecule has 0 bridgehead atoms. The first-order valence-electron chi connectivity index (χ1n) is 8.84. The fraction of sp³-hybridized carbons (Fsp3) is 0.0952. The number of nitrogens with zero attached hydrogens (tertiary/aromatic N) is 1. The van der Waals surface area contributed by atoms with Gasteiger partial charge in [0, 0.05) is 6.42 Å². The smallest absolute Gasteiger partial charge is 0.262 e. The molecular weight excluding hydrogens is 409 g/mol. The van der Waals surface area contributed by atoms with Crippen LogP contribution < -0.4 is 10.6 Å². The molecule has 0 spiro atoms. The Balaban J connectivity index is 1.54. The van der Waals surface area contributed by atoms with Crippen LogP contribution in [0.15, 0.2) is 66.0 Å². The minimum absolute atomic E-state index is 0.303. The number of amides is 2. The zero-order valence-corrected chi connectivity index (χ0v) is 16.7. The number of halogens is 1. The first-order chi connectivity index (χ1) is 14.1. The van der Waals surface area contributed by atoms with E-state index in [1.807, 2.05) is 30.3 Å². The monoisotopic (exact) mass is 425 g/mol. The molecule has 0 fully saturated rings. The summed E-state index contributed by atoms with van der Waals surface area (Å²) in [6, 6.07) is 16.4. The van der Waals surface area contributed by atoms with Gasteiger partial charge in [-0.3, -0.25) is 9.59 Å². The molecule has 2 aromatic carbocycles. The summed E-state index contributed by atoms with van der Waals surface area (Å²) in [6.45, 7) is 0. The van der Waals surface area contributed by atoms with Crippen molar-refractivity contribution in [2.24, 2.45) is 0 Å². The van der Waals surface area contributed by atoms with Gasteiger partial charge < -0.3 is 10.6 Å². The second kappa shape index (κ2) is 8.50. The minimum atomic E-state index is -0.782. The van der Waals surface area contributed by atoms with E-state index < -0.39 is 6.04 Å². The molecule has 4 aromatic rings. The van der Waals surface area contributed by atoms with Gasteiger partial charge in [-0.05, 0) is 35.2 Å². The van der Waals surface area contributed by atoms with E-state index >= 15 is 0 Å². The van der Waals surface area contributed by atoms with Gasteiger partial charge >= 0.3 is 0 Å². The van der Waals surface area contributed by atoms with Gasteiger partial charge in [0.2, 0.25) is 5.91 Å². The summed E-state index contributed by atoms with van der Waals surface area (Å²) in [7, 11) is 0. The molecule has 5 nitrogen and oxygen atoms in total. The van der Waals surface area contributed by atoms with Gasteiger partial charge in [-0.1, -0.05) is 47.7 Å². The summed E-state index contributed by atoms with van der Waals surface area (Å²) in [5.74, 6) is -1.04. The van der Waals surface area contributed by atoms with Crippen molar-refractivity contribution in [1.29, 1.82) is 0 Å². The molecule has 2 heterocycles. The maximum Gasteiger partial charge on any atom is 0.262 e. The van der Waals surface area contributed by atoms with E-state index in [0.29, 0.717) is 26.6 Å². The highest BCUT2D eigenvalue weighted by molar-refractivity contribution is 7.22. The van der Waals surface area contributed by atoms with Crippen molar-refractivity contribution < 1.29 is 14.0 Å². The molecule has 2 N–H and O–H groups in total. The van der Waals surface area contributed by atoms with Crippen LogP contribution in [0.1, 0.15) is 15.2 Å². The summed E-state index contributed by atoms with van der Waals surface area (Å²) in [5, 5.41) is 7.73. The highest BCUT2D eigenvalue weighted by atomic mass is 32.1. The van der Waals surface area contributed by atoms with Crippen molar-refractivity contribution in [2.75, 3.05) is 5.32 Å². The van der Waals surface area contributed by atoms with Crippen LogP contribution in [0.3, 0.4) is 0 Å². The van der Waals surface area contributed by atoms with Gasteiger partial charge in [0.05, 0.1) is 15.1 Å². The number of aromatic nitrogens is 1. The number of rotatable bonds is 6. The van der Waals surface area contributed by atoms with Crippen molar-refractivity contribution >= 4 is 49.8 Å². The highest BCUT2D eigenvalue weighted by Crippen LogP contribution is 2.26. The lowest BCUT2D eigenvalue weighted by Gasteiger charge is -2.17. The third-order valence-corrected chi connectivity index (χ3v) is 6.03. The number of fused-ring (bicyclic) bond motifs is 1. The largest absolute Gasteiger partial charge is 0.339 e. The van der Waals surface area contributed by atoms with E-state index in [1.54, 1.807) is 23.6 Å². The molecule has 1 unspecified atom stereocenters. The van der Waals surface area contributed by atoms with E-state index in [2.05, 4.69) is 15.6 Å². The molecular formula is C21H16FN3O2S2. The number of hydrogen-bond donors (Lipinski definition) is 2. The fourth-order valence-electron chi connectivity index (χ4n) is 2.84. The summed E-state index contributed by atoms with van der Waals surface area (Å²) >= 11 is 2.50. The maximum atomic E-state index is 13.4. The van der Waals surface area contributed by atoms with E-state index in [0.717, 1.165) is 5.56 Å². The van der Waals surface area contributed by atoms with E-state index in [1.165, 1.54) is 34.8 Å². The Morgan fingerprint density at radius 1 is 1.07 bits per heavy atom. The summed E-state index contributed by atoms with van der Waals surface area (Å²) in [5.41, 5.74) is 1.53. The predicted octanol–water partition coefficient (Wildman–Crippen LogP) is 4.48. The normalized spacial score (nSPS) is 11.9. The average Bonchev–Trinajstić information content (AvgIpc) is 3.37. The number of thiazole rings is 1. The quantitative estimate of drug-likeness (QED) is 0.479. The Hall–Kier alpha value is -3.10. The van der Waals surface area contributed by atoms with Crippen LogP contribution in [0.5, 0.6) is 0 Å². The summed E-state index contributed by atoms with van der Waals surface area (Å²) < 4.78 is 14.0. The molecule has 4 rings (SSSR count). The standard InChI is InChI=1S/C21H16FN3O2S2/c22-14-8-9-15-18(12-14)29-21(24-15)25-19(26)16(11-13-5-2-1-3-6-13)23-20(27)17-7-4-10-28-17/h1-10,12,16H,11H2,(H,23,27)(H,24,25,26). The fourth-order valence-corrected chi connectivity index (χ4v) is 4.36. The molecule has 0 radical (unpaired) electrons. The van der Waals surface area contributed by atoms with Gasteiger partial charge in [-0.25, -0.2) is 9.37 Å². The van der Waals surface area contributed by atoms with Crippen molar-refractivity contribution in [3.63, 3.8) is 0 Å². The molecule has 146 valence electrons. The van der Waals surface area contributed by atoms with Crippen LogP contribution in [-0.2, 0) is 11.2 Å². The Bertz CT molecular complexity index is 1140. The number of hydrogen-bond acceptors (Lipinski definition) is 5. The molecule has 2 aromatic heterocycles. The van der Waals surface area contributed by atoms with E-state index in [9.17, 15) is 14.0 Å². The van der Waals surface area contributed by atoms with Gasteiger partial charge in [0.15, 0.2) is 5.13 Å². The van der Waals surface area contributed by atoms with Crippen LogP contribution >= 0.6 is 22.7 Å². The van der Waals surface area contributed by atoms with Crippen LogP contribution in [0.25, 0.3) is 10.2 Å². The molecule has 0 aliphatic carbocycles. The van der Waals surface area contributed by atoms with E-state index in [4.69, 9.17) is 0 Å². The number of thiophene rings is 1. The number of carbonyl (C=O) groups excluding carboxylic acids is 2. The number of anilines is 1. The second-order valence-corrected chi connectivity index (χ2v) is 8.29. The molecule has 0 saturated heterocycles. The van der Waals surface area contributed by atoms with Gasteiger partial charge in [-0.15, -0.1) is 11.3 Å². The lowest BCUT2D eigenvalue weighted by molar-refractivity contribution is -0.118. The number of benzene rings is 2. The first kappa shape index (κ1) is 19.2. The summed E-state index contributed by atoms with van der Waals surface area (Å²) in [4.78, 5) is 30.3. The van der Waals surface area contributed by atoms with Crippen LogP contribution in [-0.4, -0.2) is 22.8 Å². The minimum Gasteiger partial charge on any atom is -0.339 e. The second-order valence-electron chi connectivity index (χ2n) is 6.31. The van der Waals surface area contributed by atoms with Crippen molar-refractivity contribution in [3.8, 4) is 0 Å². The Morgan fingerprint density at radius 2 is 1.90 bits per heavy atom. The molecule has 8 heteroatoms. The first-order valence-corrected chi connectivity index (χ1v) is 10.5. The average molecular weight is 426 g/mol. The van der Waals surface area contributed by atoms with Crippen molar-refractivity contribution in [2.45, 2.75) is 12.5 Å². The van der Waals surface area contributed by atoms with Crippen LogP contribution in [0, 0.1) is 5.82 Å². The Labute approximate surface area is 174 Å². The third kappa shape index (κ3) is 4.67. The SMILES string of the molecule is O=C(NC(Cc1ccccc1)C(=O)Nc1nc2ccc(F)cc2s1)c1cccs1. The van der Waals surface area contributed by atoms with Gasteiger partial charge in [0.1, 0.15) is 11.9 Å². The zero-order valence-electron chi connectivity index (χ0n) is 15.1.